The zero-order valence-corrected chi connectivity index (χ0v) is 21.5. The summed E-state index contributed by atoms with van der Waals surface area (Å²) in [4.78, 5) is 4.82. The molecule has 188 valence electrons. The van der Waals surface area contributed by atoms with E-state index in [4.69, 9.17) is 4.74 Å². The van der Waals surface area contributed by atoms with Gasteiger partial charge in [0, 0.05) is 50.0 Å². The molecule has 0 atom stereocenters. The SMILES string of the molecule is C=CCS(=O)(=O)n1ccc2c(N3CCN(Cc4ccccc4)CC3)cccc21.COc1ccccc1. The molecular formula is C29H33N3O3S. The van der Waals surface area contributed by atoms with Crippen LogP contribution in [0.25, 0.3) is 10.9 Å². The van der Waals surface area contributed by atoms with Crippen molar-refractivity contribution in [3.8, 4) is 5.75 Å². The van der Waals surface area contributed by atoms with Crippen LogP contribution >= 0.6 is 0 Å². The smallest absolute Gasteiger partial charge is 0.242 e. The van der Waals surface area contributed by atoms with Crippen LogP contribution in [0.3, 0.4) is 0 Å². The summed E-state index contributed by atoms with van der Waals surface area (Å²) >= 11 is 0. The van der Waals surface area contributed by atoms with Gasteiger partial charge in [0.2, 0.25) is 10.0 Å². The summed E-state index contributed by atoms with van der Waals surface area (Å²) in [5.74, 6) is 0.839. The molecule has 0 amide bonds. The Hall–Kier alpha value is -3.55. The Balaban J connectivity index is 0.000000325. The minimum atomic E-state index is -3.41. The van der Waals surface area contributed by atoms with Gasteiger partial charge in [-0.05, 0) is 35.9 Å². The minimum Gasteiger partial charge on any atom is -0.497 e. The van der Waals surface area contributed by atoms with E-state index in [0.29, 0.717) is 0 Å². The van der Waals surface area contributed by atoms with Crippen LogP contribution in [-0.4, -0.2) is 56.3 Å². The largest absolute Gasteiger partial charge is 0.497 e. The number of aromatic nitrogens is 1. The van der Waals surface area contributed by atoms with Crippen molar-refractivity contribution in [3.05, 3.63) is 109 Å². The van der Waals surface area contributed by atoms with Gasteiger partial charge in [0.15, 0.2) is 0 Å². The molecule has 4 aromatic rings. The van der Waals surface area contributed by atoms with Gasteiger partial charge in [-0.1, -0.05) is 60.7 Å². The van der Waals surface area contributed by atoms with Crippen molar-refractivity contribution in [3.63, 3.8) is 0 Å². The summed E-state index contributed by atoms with van der Waals surface area (Å²) in [6.07, 6.45) is 3.08. The average molecular weight is 504 g/mol. The number of fused-ring (bicyclic) bond motifs is 1. The second-order valence-electron chi connectivity index (χ2n) is 8.65. The van der Waals surface area contributed by atoms with Crippen molar-refractivity contribution in [2.75, 3.05) is 43.9 Å². The third-order valence-electron chi connectivity index (χ3n) is 6.24. The standard InChI is InChI=1S/C22H25N3O2S.C7H8O/c1-2-17-28(26,27)25-12-11-20-21(9-6-10-22(20)25)24-15-13-23(14-16-24)18-19-7-4-3-5-8-19;1-8-7-5-3-2-4-6-7/h2-12H,1,13-18H2;2-6H,1H3. The van der Waals surface area contributed by atoms with Crippen LogP contribution in [0.1, 0.15) is 5.56 Å². The summed E-state index contributed by atoms with van der Waals surface area (Å²) < 4.78 is 31.3. The highest BCUT2D eigenvalue weighted by atomic mass is 32.2. The summed E-state index contributed by atoms with van der Waals surface area (Å²) in [6, 6.07) is 28.0. The summed E-state index contributed by atoms with van der Waals surface area (Å²) in [5, 5.41) is 0.978. The fraction of sp³-hybridized carbons (Fsp3) is 0.241. The fourth-order valence-corrected chi connectivity index (χ4v) is 5.58. The Morgan fingerprint density at radius 3 is 2.14 bits per heavy atom. The molecule has 0 saturated carbocycles. The molecule has 2 heterocycles. The first-order chi connectivity index (χ1) is 17.5. The fourth-order valence-electron chi connectivity index (χ4n) is 4.42. The second kappa shape index (κ2) is 11.9. The molecule has 3 aromatic carbocycles. The van der Waals surface area contributed by atoms with Crippen molar-refractivity contribution in [1.29, 1.82) is 0 Å². The van der Waals surface area contributed by atoms with E-state index in [0.717, 1.165) is 55.1 Å². The highest BCUT2D eigenvalue weighted by molar-refractivity contribution is 7.90. The van der Waals surface area contributed by atoms with Crippen LogP contribution < -0.4 is 9.64 Å². The second-order valence-corrected chi connectivity index (χ2v) is 10.5. The van der Waals surface area contributed by atoms with E-state index < -0.39 is 10.0 Å². The number of rotatable bonds is 7. The number of methoxy groups -OCH3 is 1. The van der Waals surface area contributed by atoms with Crippen molar-refractivity contribution >= 4 is 26.6 Å². The molecule has 0 aliphatic carbocycles. The molecule has 1 aromatic heterocycles. The van der Waals surface area contributed by atoms with E-state index >= 15 is 0 Å². The number of anilines is 1. The minimum absolute atomic E-state index is 0.0703. The van der Waals surface area contributed by atoms with Crippen LogP contribution in [0.4, 0.5) is 5.69 Å². The maximum Gasteiger partial charge on any atom is 0.242 e. The maximum atomic E-state index is 12.5. The molecule has 0 spiro atoms. The van der Waals surface area contributed by atoms with E-state index in [-0.39, 0.29) is 5.75 Å². The van der Waals surface area contributed by atoms with E-state index in [9.17, 15) is 8.42 Å². The molecule has 6 nitrogen and oxygen atoms in total. The number of hydrogen-bond donors (Lipinski definition) is 0. The van der Waals surface area contributed by atoms with Crippen LogP contribution in [0, 0.1) is 0 Å². The molecule has 1 aliphatic rings. The molecule has 0 bridgehead atoms. The zero-order valence-electron chi connectivity index (χ0n) is 20.7. The third-order valence-corrected chi connectivity index (χ3v) is 7.82. The van der Waals surface area contributed by atoms with Gasteiger partial charge in [-0.15, -0.1) is 6.58 Å². The van der Waals surface area contributed by atoms with Gasteiger partial charge in [-0.3, -0.25) is 4.90 Å². The Morgan fingerprint density at radius 1 is 0.861 bits per heavy atom. The number of nitrogens with zero attached hydrogens (tertiary/aromatic N) is 3. The molecule has 1 saturated heterocycles. The van der Waals surface area contributed by atoms with Gasteiger partial charge in [-0.25, -0.2) is 12.4 Å². The first kappa shape index (κ1) is 25.5. The predicted octanol–water partition coefficient (Wildman–Crippen LogP) is 5.02. The molecule has 7 heteroatoms. The molecule has 0 N–H and O–H groups in total. The topological polar surface area (TPSA) is 54.8 Å². The third kappa shape index (κ3) is 6.17. The summed E-state index contributed by atoms with van der Waals surface area (Å²) in [7, 11) is -1.75. The summed E-state index contributed by atoms with van der Waals surface area (Å²) in [5.41, 5.74) is 3.16. The number of piperazine rings is 1. The number of ether oxygens (including phenoxy) is 1. The van der Waals surface area contributed by atoms with Crippen LogP contribution in [0.2, 0.25) is 0 Å². The van der Waals surface area contributed by atoms with Crippen molar-refractivity contribution < 1.29 is 13.2 Å². The van der Waals surface area contributed by atoms with Crippen molar-refractivity contribution in [2.24, 2.45) is 0 Å². The molecular weight excluding hydrogens is 470 g/mol. The molecule has 36 heavy (non-hydrogen) atoms. The van der Waals surface area contributed by atoms with Crippen LogP contribution in [0.15, 0.2) is 104 Å². The molecule has 1 fully saturated rings. The zero-order chi connectivity index (χ0) is 25.4. The van der Waals surface area contributed by atoms with E-state index in [1.54, 1.807) is 13.3 Å². The molecule has 0 unspecified atom stereocenters. The van der Waals surface area contributed by atoms with Gasteiger partial charge in [0.05, 0.1) is 18.4 Å². The van der Waals surface area contributed by atoms with Gasteiger partial charge in [0.1, 0.15) is 5.75 Å². The maximum absolute atomic E-state index is 12.5. The lowest BCUT2D eigenvalue weighted by Crippen LogP contribution is -2.46. The highest BCUT2D eigenvalue weighted by Gasteiger charge is 2.21. The lowest BCUT2D eigenvalue weighted by atomic mass is 10.1. The molecule has 5 rings (SSSR count). The monoisotopic (exact) mass is 503 g/mol. The van der Waals surface area contributed by atoms with Gasteiger partial charge in [-0.2, -0.15) is 0 Å². The van der Waals surface area contributed by atoms with E-state index in [1.165, 1.54) is 15.6 Å². The Kier molecular flexibility index (Phi) is 8.46. The quantitative estimate of drug-likeness (QED) is 0.332. The van der Waals surface area contributed by atoms with Crippen molar-refractivity contribution in [1.82, 2.24) is 8.87 Å². The van der Waals surface area contributed by atoms with Crippen LogP contribution in [-0.2, 0) is 16.6 Å². The Labute approximate surface area is 214 Å². The predicted molar refractivity (Wildman–Crippen MR) is 148 cm³/mol. The summed E-state index contributed by atoms with van der Waals surface area (Å²) in [6.45, 7) is 8.35. The number of benzene rings is 3. The van der Waals surface area contributed by atoms with E-state index in [1.807, 2.05) is 54.6 Å². The lowest BCUT2D eigenvalue weighted by molar-refractivity contribution is 0.250. The van der Waals surface area contributed by atoms with Crippen molar-refractivity contribution in [2.45, 2.75) is 6.54 Å². The van der Waals surface area contributed by atoms with Crippen LogP contribution in [0.5, 0.6) is 5.75 Å². The molecule has 0 radical (unpaired) electrons. The highest BCUT2D eigenvalue weighted by Crippen LogP contribution is 2.29. The first-order valence-electron chi connectivity index (χ1n) is 12.1. The van der Waals surface area contributed by atoms with Gasteiger partial charge < -0.3 is 9.64 Å². The average Bonchev–Trinajstić information content (AvgIpc) is 3.36. The normalized spacial score (nSPS) is 14.2. The number of para-hydroxylation sites is 1. The van der Waals surface area contributed by atoms with E-state index in [2.05, 4.69) is 46.7 Å². The lowest BCUT2D eigenvalue weighted by Gasteiger charge is -2.36. The Morgan fingerprint density at radius 2 is 1.53 bits per heavy atom. The van der Waals surface area contributed by atoms with Gasteiger partial charge in [0.25, 0.3) is 0 Å². The van der Waals surface area contributed by atoms with Gasteiger partial charge >= 0.3 is 0 Å². The first-order valence-corrected chi connectivity index (χ1v) is 13.7. The molecule has 1 aliphatic heterocycles. The Bertz CT molecular complexity index is 1360. The number of hydrogen-bond acceptors (Lipinski definition) is 5.